The van der Waals surface area contributed by atoms with Crippen LogP contribution < -0.4 is 10.6 Å². The van der Waals surface area contributed by atoms with Gasteiger partial charge in [0.2, 0.25) is 0 Å². The SMILES string of the molecule is Cc1ccc(Cl)cc1NC(=O)c1cncc(NC(C)c2ccccc2)c1. The molecule has 3 aromatic rings. The maximum atomic E-state index is 12.6. The lowest BCUT2D eigenvalue weighted by Crippen LogP contribution is -2.14. The summed E-state index contributed by atoms with van der Waals surface area (Å²) in [6.45, 7) is 3.99. The van der Waals surface area contributed by atoms with Crippen molar-refractivity contribution in [2.24, 2.45) is 0 Å². The molecule has 1 amide bonds. The van der Waals surface area contributed by atoms with Gasteiger partial charge in [0.25, 0.3) is 5.91 Å². The summed E-state index contributed by atoms with van der Waals surface area (Å²) < 4.78 is 0. The van der Waals surface area contributed by atoms with Crippen LogP contribution in [0.3, 0.4) is 0 Å². The number of nitrogens with zero attached hydrogens (tertiary/aromatic N) is 1. The standard InChI is InChI=1S/C21H20ClN3O/c1-14-8-9-18(22)11-20(14)25-21(26)17-10-19(13-23-12-17)24-15(2)16-6-4-3-5-7-16/h3-13,15,24H,1-2H3,(H,25,26). The lowest BCUT2D eigenvalue weighted by atomic mass is 10.1. The molecule has 0 spiro atoms. The highest BCUT2D eigenvalue weighted by Gasteiger charge is 2.11. The molecule has 0 fully saturated rings. The van der Waals surface area contributed by atoms with Gasteiger partial charge in [0.05, 0.1) is 11.3 Å². The summed E-state index contributed by atoms with van der Waals surface area (Å²) in [4.78, 5) is 16.7. The first-order valence-electron chi connectivity index (χ1n) is 8.37. The maximum absolute atomic E-state index is 12.6. The first-order chi connectivity index (χ1) is 12.5. The van der Waals surface area contributed by atoms with Crippen molar-refractivity contribution in [1.82, 2.24) is 4.98 Å². The molecule has 26 heavy (non-hydrogen) atoms. The van der Waals surface area contributed by atoms with Crippen molar-refractivity contribution in [3.05, 3.63) is 88.7 Å². The number of aromatic nitrogens is 1. The van der Waals surface area contributed by atoms with E-state index in [1.54, 1.807) is 30.6 Å². The Kier molecular flexibility index (Phi) is 5.54. The number of pyridine rings is 1. The molecule has 2 aromatic carbocycles. The van der Waals surface area contributed by atoms with Crippen LogP contribution in [0, 0.1) is 6.92 Å². The Bertz CT molecular complexity index is 912. The van der Waals surface area contributed by atoms with Gasteiger partial charge in [-0.3, -0.25) is 9.78 Å². The smallest absolute Gasteiger partial charge is 0.257 e. The molecule has 5 heteroatoms. The summed E-state index contributed by atoms with van der Waals surface area (Å²) in [6, 6.07) is 17.4. The number of nitrogens with one attached hydrogen (secondary N) is 2. The monoisotopic (exact) mass is 365 g/mol. The van der Waals surface area contributed by atoms with Gasteiger partial charge in [-0.2, -0.15) is 0 Å². The number of hydrogen-bond acceptors (Lipinski definition) is 3. The van der Waals surface area contributed by atoms with Gasteiger partial charge in [-0.15, -0.1) is 0 Å². The van der Waals surface area contributed by atoms with Gasteiger partial charge in [0.15, 0.2) is 0 Å². The van der Waals surface area contributed by atoms with Gasteiger partial charge in [-0.1, -0.05) is 48.0 Å². The lowest BCUT2D eigenvalue weighted by molar-refractivity contribution is 0.102. The van der Waals surface area contributed by atoms with Crippen molar-refractivity contribution in [1.29, 1.82) is 0 Å². The predicted octanol–water partition coefficient (Wildman–Crippen LogP) is 5.47. The van der Waals surface area contributed by atoms with E-state index >= 15 is 0 Å². The zero-order valence-corrected chi connectivity index (χ0v) is 15.4. The zero-order chi connectivity index (χ0) is 18.5. The minimum Gasteiger partial charge on any atom is -0.377 e. The highest BCUT2D eigenvalue weighted by molar-refractivity contribution is 6.31. The third-order valence-electron chi connectivity index (χ3n) is 4.13. The van der Waals surface area contributed by atoms with Crippen LogP contribution in [-0.2, 0) is 0 Å². The Morgan fingerprint density at radius 1 is 1.08 bits per heavy atom. The molecular weight excluding hydrogens is 346 g/mol. The minimum atomic E-state index is -0.223. The Labute approximate surface area is 158 Å². The number of amides is 1. The van der Waals surface area contributed by atoms with E-state index in [2.05, 4.69) is 34.7 Å². The molecule has 2 N–H and O–H groups in total. The van der Waals surface area contributed by atoms with E-state index < -0.39 is 0 Å². The quantitative estimate of drug-likeness (QED) is 0.630. The highest BCUT2D eigenvalue weighted by atomic mass is 35.5. The summed E-state index contributed by atoms with van der Waals surface area (Å²) in [5, 5.41) is 6.84. The topological polar surface area (TPSA) is 54.0 Å². The molecule has 0 bridgehead atoms. The van der Waals surface area contributed by atoms with E-state index in [0.717, 1.165) is 16.8 Å². The first kappa shape index (κ1) is 18.0. The van der Waals surface area contributed by atoms with E-state index in [4.69, 9.17) is 11.6 Å². The lowest BCUT2D eigenvalue weighted by Gasteiger charge is -2.16. The van der Waals surface area contributed by atoms with Crippen LogP contribution in [0.1, 0.15) is 34.5 Å². The predicted molar refractivity (Wildman–Crippen MR) is 107 cm³/mol. The Hall–Kier alpha value is -2.85. The normalized spacial score (nSPS) is 11.7. The number of anilines is 2. The van der Waals surface area contributed by atoms with Crippen molar-refractivity contribution in [3.8, 4) is 0 Å². The summed E-state index contributed by atoms with van der Waals surface area (Å²) in [5.74, 6) is -0.223. The molecule has 0 aliphatic heterocycles. The highest BCUT2D eigenvalue weighted by Crippen LogP contribution is 2.22. The average Bonchev–Trinajstić information content (AvgIpc) is 2.65. The van der Waals surface area contributed by atoms with Crippen LogP contribution in [0.4, 0.5) is 11.4 Å². The van der Waals surface area contributed by atoms with Crippen LogP contribution in [-0.4, -0.2) is 10.9 Å². The van der Waals surface area contributed by atoms with Crippen LogP contribution in [0.5, 0.6) is 0 Å². The number of aryl methyl sites for hydroxylation is 1. The third-order valence-corrected chi connectivity index (χ3v) is 4.37. The van der Waals surface area contributed by atoms with Gasteiger partial charge in [-0.25, -0.2) is 0 Å². The van der Waals surface area contributed by atoms with Gasteiger partial charge in [0, 0.05) is 29.1 Å². The summed E-state index contributed by atoms with van der Waals surface area (Å²) in [7, 11) is 0. The molecular formula is C21H20ClN3O. The van der Waals surface area contributed by atoms with Crippen LogP contribution >= 0.6 is 11.6 Å². The van der Waals surface area contributed by atoms with Crippen LogP contribution in [0.15, 0.2) is 67.0 Å². The fourth-order valence-corrected chi connectivity index (χ4v) is 2.81. The number of halogens is 1. The number of carbonyl (C=O) groups excluding carboxylic acids is 1. The fourth-order valence-electron chi connectivity index (χ4n) is 2.64. The van der Waals surface area contributed by atoms with Gasteiger partial charge in [-0.05, 0) is 43.2 Å². The second-order valence-corrected chi connectivity index (χ2v) is 6.59. The van der Waals surface area contributed by atoms with E-state index in [9.17, 15) is 4.79 Å². The molecule has 1 atom stereocenters. The molecule has 132 valence electrons. The van der Waals surface area contributed by atoms with Gasteiger partial charge >= 0.3 is 0 Å². The molecule has 0 saturated carbocycles. The van der Waals surface area contributed by atoms with Crippen molar-refractivity contribution in [3.63, 3.8) is 0 Å². The van der Waals surface area contributed by atoms with E-state index in [1.807, 2.05) is 31.2 Å². The Morgan fingerprint density at radius 3 is 2.62 bits per heavy atom. The molecule has 0 aliphatic carbocycles. The fraction of sp³-hybridized carbons (Fsp3) is 0.143. The zero-order valence-electron chi connectivity index (χ0n) is 14.7. The molecule has 4 nitrogen and oxygen atoms in total. The molecule has 1 heterocycles. The minimum absolute atomic E-state index is 0.103. The molecule has 0 aliphatic rings. The number of hydrogen-bond donors (Lipinski definition) is 2. The first-order valence-corrected chi connectivity index (χ1v) is 8.75. The Balaban J connectivity index is 1.74. The third kappa shape index (κ3) is 4.41. The van der Waals surface area contributed by atoms with Crippen molar-refractivity contribution >= 4 is 28.9 Å². The van der Waals surface area contributed by atoms with Crippen molar-refractivity contribution in [2.45, 2.75) is 19.9 Å². The van der Waals surface area contributed by atoms with Crippen LogP contribution in [0.25, 0.3) is 0 Å². The molecule has 1 unspecified atom stereocenters. The van der Waals surface area contributed by atoms with Crippen molar-refractivity contribution < 1.29 is 4.79 Å². The second kappa shape index (κ2) is 8.02. The summed E-state index contributed by atoms with van der Waals surface area (Å²) in [6.07, 6.45) is 3.26. The molecule has 1 aromatic heterocycles. The summed E-state index contributed by atoms with van der Waals surface area (Å²) >= 11 is 6.01. The number of benzene rings is 2. The Morgan fingerprint density at radius 2 is 1.85 bits per heavy atom. The molecule has 0 radical (unpaired) electrons. The molecule has 3 rings (SSSR count). The van der Waals surface area contributed by atoms with Crippen molar-refractivity contribution in [2.75, 3.05) is 10.6 Å². The van der Waals surface area contributed by atoms with E-state index in [-0.39, 0.29) is 11.9 Å². The average molecular weight is 366 g/mol. The maximum Gasteiger partial charge on any atom is 0.257 e. The number of carbonyl (C=O) groups is 1. The largest absolute Gasteiger partial charge is 0.377 e. The summed E-state index contributed by atoms with van der Waals surface area (Å²) in [5.41, 5.74) is 4.07. The van der Waals surface area contributed by atoms with Crippen LogP contribution in [0.2, 0.25) is 5.02 Å². The van der Waals surface area contributed by atoms with Gasteiger partial charge in [0.1, 0.15) is 0 Å². The van der Waals surface area contributed by atoms with Gasteiger partial charge < -0.3 is 10.6 Å². The second-order valence-electron chi connectivity index (χ2n) is 6.15. The number of rotatable bonds is 5. The van der Waals surface area contributed by atoms with E-state index in [1.165, 1.54) is 0 Å². The van der Waals surface area contributed by atoms with E-state index in [0.29, 0.717) is 16.3 Å². The molecule has 0 saturated heterocycles.